The number of methoxy groups -OCH3 is 1. The molecule has 0 aliphatic carbocycles. The second-order valence-corrected chi connectivity index (χ2v) is 4.14. The van der Waals surface area contributed by atoms with Crippen molar-refractivity contribution in [3.05, 3.63) is 22.7 Å². The lowest BCUT2D eigenvalue weighted by Crippen LogP contribution is -2.16. The summed E-state index contributed by atoms with van der Waals surface area (Å²) in [5.74, 6) is -0.363. The summed E-state index contributed by atoms with van der Waals surface area (Å²) in [6.07, 6.45) is -0.852. The largest absolute Gasteiger partial charge is 0.494 e. The Morgan fingerprint density at radius 3 is 2.95 bits per heavy atom. The number of nitrogens with zero attached hydrogens (tertiary/aromatic N) is 1. The number of hydrogen-bond acceptors (Lipinski definition) is 4. The number of nitrogens with one attached hydrogen (secondary N) is 1. The van der Waals surface area contributed by atoms with E-state index in [1.54, 1.807) is 4.57 Å². The molecule has 1 aromatic carbocycles. The molecule has 0 bridgehead atoms. The molecule has 1 aromatic heterocycles. The molecule has 0 saturated carbocycles. The summed E-state index contributed by atoms with van der Waals surface area (Å²) in [6.45, 7) is 0.396. The molecule has 0 aliphatic rings. The van der Waals surface area contributed by atoms with Crippen molar-refractivity contribution in [3.63, 3.8) is 0 Å². The molecule has 1 amide bonds. The molecule has 0 aliphatic heterocycles. The molecule has 3 N–H and O–H groups in total. The smallest absolute Gasteiger partial charge is 0.404 e. The SMILES string of the molecule is COc1cc2c(cc1F)[nH]c(=S)n2CCOC(N)=O. The molecule has 0 saturated heterocycles. The first kappa shape index (κ1) is 13.3. The van der Waals surface area contributed by atoms with Crippen molar-refractivity contribution in [1.29, 1.82) is 0 Å². The van der Waals surface area contributed by atoms with Crippen molar-refractivity contribution in [2.24, 2.45) is 5.73 Å². The number of hydrogen-bond donors (Lipinski definition) is 2. The number of benzene rings is 1. The average molecular weight is 285 g/mol. The van der Waals surface area contributed by atoms with Crippen molar-refractivity contribution < 1.29 is 18.7 Å². The van der Waals surface area contributed by atoms with Gasteiger partial charge < -0.3 is 24.8 Å². The van der Waals surface area contributed by atoms with Gasteiger partial charge in [0, 0.05) is 12.1 Å². The second-order valence-electron chi connectivity index (χ2n) is 3.75. The molecule has 0 spiro atoms. The number of imidazole rings is 1. The molecule has 1 heterocycles. The van der Waals surface area contributed by atoms with Gasteiger partial charge in [-0.25, -0.2) is 9.18 Å². The number of primary amides is 1. The fraction of sp³-hybridized carbons (Fsp3) is 0.273. The summed E-state index contributed by atoms with van der Waals surface area (Å²) in [5, 5.41) is 0. The van der Waals surface area contributed by atoms with E-state index in [0.29, 0.717) is 22.3 Å². The lowest BCUT2D eigenvalue weighted by molar-refractivity contribution is 0.152. The van der Waals surface area contributed by atoms with Crippen LogP contribution in [0.5, 0.6) is 5.75 Å². The summed E-state index contributed by atoms with van der Waals surface area (Å²) in [6, 6.07) is 2.83. The zero-order valence-corrected chi connectivity index (χ0v) is 10.9. The van der Waals surface area contributed by atoms with Crippen LogP contribution in [0, 0.1) is 10.6 Å². The number of carbonyl (C=O) groups is 1. The number of H-pyrrole nitrogens is 1. The number of ether oxygens (including phenoxy) is 2. The molecule has 19 heavy (non-hydrogen) atoms. The highest BCUT2D eigenvalue weighted by Crippen LogP contribution is 2.24. The van der Waals surface area contributed by atoms with Crippen LogP contribution in [0.4, 0.5) is 9.18 Å². The van der Waals surface area contributed by atoms with Gasteiger partial charge in [-0.3, -0.25) is 0 Å². The van der Waals surface area contributed by atoms with Crippen LogP contribution in [0.2, 0.25) is 0 Å². The van der Waals surface area contributed by atoms with E-state index < -0.39 is 11.9 Å². The van der Waals surface area contributed by atoms with Crippen molar-refractivity contribution in [2.45, 2.75) is 6.54 Å². The van der Waals surface area contributed by atoms with Crippen LogP contribution in [0.3, 0.4) is 0 Å². The van der Waals surface area contributed by atoms with Crippen LogP contribution in [0.1, 0.15) is 0 Å². The number of nitrogens with two attached hydrogens (primary N) is 1. The van der Waals surface area contributed by atoms with Crippen LogP contribution in [-0.2, 0) is 11.3 Å². The summed E-state index contributed by atoms with van der Waals surface area (Å²) in [4.78, 5) is 13.4. The predicted molar refractivity (Wildman–Crippen MR) is 69.2 cm³/mol. The lowest BCUT2D eigenvalue weighted by Gasteiger charge is -2.06. The van der Waals surface area contributed by atoms with Gasteiger partial charge in [0.15, 0.2) is 16.3 Å². The molecule has 0 radical (unpaired) electrons. The minimum Gasteiger partial charge on any atom is -0.494 e. The molecule has 8 heteroatoms. The Balaban J connectivity index is 2.39. The number of carbonyl (C=O) groups excluding carboxylic acids is 1. The first-order chi connectivity index (χ1) is 9.02. The van der Waals surface area contributed by atoms with Crippen LogP contribution in [0.15, 0.2) is 12.1 Å². The Morgan fingerprint density at radius 2 is 2.32 bits per heavy atom. The zero-order valence-electron chi connectivity index (χ0n) is 10.1. The number of halogens is 1. The van der Waals surface area contributed by atoms with Gasteiger partial charge in [0.25, 0.3) is 0 Å². The average Bonchev–Trinajstić information content (AvgIpc) is 2.63. The van der Waals surface area contributed by atoms with Gasteiger partial charge in [-0.05, 0) is 12.2 Å². The number of fused-ring (bicyclic) bond motifs is 1. The van der Waals surface area contributed by atoms with E-state index in [-0.39, 0.29) is 12.4 Å². The minimum atomic E-state index is -0.852. The monoisotopic (exact) mass is 285 g/mol. The van der Waals surface area contributed by atoms with E-state index in [1.165, 1.54) is 19.2 Å². The molecule has 0 atom stereocenters. The fourth-order valence-electron chi connectivity index (χ4n) is 1.77. The Bertz CT molecular complexity index is 680. The number of aromatic amines is 1. The van der Waals surface area contributed by atoms with E-state index in [0.717, 1.165) is 0 Å². The first-order valence-corrected chi connectivity index (χ1v) is 5.82. The third-order valence-corrected chi connectivity index (χ3v) is 2.93. The molecular formula is C11H12FN3O3S. The van der Waals surface area contributed by atoms with E-state index in [4.69, 9.17) is 22.7 Å². The number of amides is 1. The number of aromatic nitrogens is 2. The van der Waals surface area contributed by atoms with E-state index in [1.807, 2.05) is 0 Å². The summed E-state index contributed by atoms with van der Waals surface area (Å²) < 4.78 is 25.2. The Hall–Kier alpha value is -2.09. The molecule has 2 aromatic rings. The summed E-state index contributed by atoms with van der Waals surface area (Å²) >= 11 is 5.13. The zero-order chi connectivity index (χ0) is 14.0. The molecule has 102 valence electrons. The minimum absolute atomic E-state index is 0.0796. The quantitative estimate of drug-likeness (QED) is 0.841. The predicted octanol–water partition coefficient (Wildman–Crippen LogP) is 1.94. The van der Waals surface area contributed by atoms with Gasteiger partial charge in [0.2, 0.25) is 0 Å². The van der Waals surface area contributed by atoms with Crippen LogP contribution in [-0.4, -0.2) is 29.4 Å². The molecular weight excluding hydrogens is 273 g/mol. The van der Waals surface area contributed by atoms with Crippen molar-refractivity contribution in [3.8, 4) is 5.75 Å². The highest BCUT2D eigenvalue weighted by Gasteiger charge is 2.10. The lowest BCUT2D eigenvalue weighted by atomic mass is 10.3. The Kier molecular flexibility index (Phi) is 3.70. The third kappa shape index (κ3) is 2.68. The summed E-state index contributed by atoms with van der Waals surface area (Å²) in [5.41, 5.74) is 6.08. The van der Waals surface area contributed by atoms with Crippen molar-refractivity contribution >= 4 is 29.3 Å². The van der Waals surface area contributed by atoms with Gasteiger partial charge in [0.1, 0.15) is 6.61 Å². The first-order valence-electron chi connectivity index (χ1n) is 5.41. The van der Waals surface area contributed by atoms with Crippen LogP contribution >= 0.6 is 12.2 Å². The maximum atomic E-state index is 13.5. The topological polar surface area (TPSA) is 82.3 Å². The van der Waals surface area contributed by atoms with Crippen LogP contribution < -0.4 is 10.5 Å². The summed E-state index contributed by atoms with van der Waals surface area (Å²) in [7, 11) is 1.38. The maximum absolute atomic E-state index is 13.5. The standard InChI is InChI=1S/C11H12FN3O3S/c1-17-9-5-8-7(4-6(9)12)14-11(19)15(8)2-3-18-10(13)16/h4-5H,2-3H2,1H3,(H2,13,16)(H,14,19). The third-order valence-electron chi connectivity index (χ3n) is 2.61. The van der Waals surface area contributed by atoms with Gasteiger partial charge in [-0.2, -0.15) is 0 Å². The van der Waals surface area contributed by atoms with Gasteiger partial charge in [0.05, 0.1) is 24.7 Å². The Labute approximate surface area is 112 Å². The Morgan fingerprint density at radius 1 is 1.58 bits per heavy atom. The highest BCUT2D eigenvalue weighted by atomic mass is 32.1. The molecule has 0 unspecified atom stereocenters. The van der Waals surface area contributed by atoms with E-state index >= 15 is 0 Å². The van der Waals surface area contributed by atoms with Crippen LogP contribution in [0.25, 0.3) is 11.0 Å². The van der Waals surface area contributed by atoms with Gasteiger partial charge in [-0.1, -0.05) is 0 Å². The van der Waals surface area contributed by atoms with Crippen molar-refractivity contribution in [2.75, 3.05) is 13.7 Å². The highest BCUT2D eigenvalue weighted by molar-refractivity contribution is 7.71. The normalized spacial score (nSPS) is 10.6. The van der Waals surface area contributed by atoms with E-state index in [2.05, 4.69) is 9.72 Å². The maximum Gasteiger partial charge on any atom is 0.404 e. The second kappa shape index (κ2) is 5.27. The van der Waals surface area contributed by atoms with Gasteiger partial charge >= 0.3 is 6.09 Å². The van der Waals surface area contributed by atoms with Gasteiger partial charge in [-0.15, -0.1) is 0 Å². The van der Waals surface area contributed by atoms with E-state index in [9.17, 15) is 9.18 Å². The molecule has 0 fully saturated rings. The molecule has 6 nitrogen and oxygen atoms in total. The fourth-order valence-corrected chi connectivity index (χ4v) is 2.07. The van der Waals surface area contributed by atoms with Crippen molar-refractivity contribution in [1.82, 2.24) is 9.55 Å². The number of rotatable bonds is 4. The molecule has 2 rings (SSSR count).